The van der Waals surface area contributed by atoms with Crippen LogP contribution in [0.4, 0.5) is 0 Å². The zero-order valence-corrected chi connectivity index (χ0v) is 18.0. The standard InChI is InChI=1S/C23H26N2O6/c1-24(2)12-13-25-20(16-8-5-9-18(29-3)22(16)30-4)19(21(27)23(25)28)17(26)11-10-15-7-6-14-31-15/h5-11,14,20,27H,12-13H2,1-4H3/b11-10+/t20-/m1/s1. The molecule has 0 unspecified atom stereocenters. The number of para-hydroxylation sites is 1. The maximum atomic E-state index is 13.1. The average molecular weight is 426 g/mol. The molecule has 8 nitrogen and oxygen atoms in total. The van der Waals surface area contributed by atoms with E-state index < -0.39 is 23.5 Å². The van der Waals surface area contributed by atoms with Crippen LogP contribution < -0.4 is 9.47 Å². The first kappa shape index (κ1) is 22.2. The van der Waals surface area contributed by atoms with E-state index in [-0.39, 0.29) is 5.57 Å². The number of aliphatic hydroxyl groups excluding tert-OH is 1. The highest BCUT2D eigenvalue weighted by molar-refractivity contribution is 6.14. The van der Waals surface area contributed by atoms with Crippen molar-refractivity contribution < 1.29 is 28.6 Å². The Hall–Kier alpha value is -3.52. The molecule has 3 rings (SSSR count). The van der Waals surface area contributed by atoms with Gasteiger partial charge in [-0.05, 0) is 44.4 Å². The van der Waals surface area contributed by atoms with Gasteiger partial charge in [0.25, 0.3) is 5.91 Å². The summed E-state index contributed by atoms with van der Waals surface area (Å²) in [7, 11) is 6.77. The first-order valence-corrected chi connectivity index (χ1v) is 9.74. The number of hydrogen-bond acceptors (Lipinski definition) is 7. The van der Waals surface area contributed by atoms with Crippen LogP contribution in [0.5, 0.6) is 11.5 Å². The van der Waals surface area contributed by atoms with E-state index in [1.807, 2.05) is 19.0 Å². The molecular weight excluding hydrogens is 400 g/mol. The van der Waals surface area contributed by atoms with E-state index >= 15 is 0 Å². The number of rotatable bonds is 9. The summed E-state index contributed by atoms with van der Waals surface area (Å²) in [6.45, 7) is 0.852. The molecule has 1 aromatic heterocycles. The van der Waals surface area contributed by atoms with E-state index in [0.717, 1.165) is 0 Å². The molecule has 0 saturated carbocycles. The molecule has 2 aromatic rings. The number of hydrogen-bond donors (Lipinski definition) is 1. The van der Waals surface area contributed by atoms with Gasteiger partial charge in [-0.1, -0.05) is 12.1 Å². The van der Waals surface area contributed by atoms with Crippen molar-refractivity contribution in [2.24, 2.45) is 0 Å². The maximum Gasteiger partial charge on any atom is 0.290 e. The lowest BCUT2D eigenvalue weighted by Crippen LogP contribution is -2.36. The monoisotopic (exact) mass is 426 g/mol. The van der Waals surface area contributed by atoms with E-state index in [1.165, 1.54) is 37.5 Å². The quantitative estimate of drug-likeness (QED) is 0.617. The van der Waals surface area contributed by atoms with Gasteiger partial charge in [-0.25, -0.2) is 0 Å². The van der Waals surface area contributed by atoms with E-state index in [4.69, 9.17) is 13.9 Å². The Kier molecular flexibility index (Phi) is 6.81. The molecule has 0 fully saturated rings. The first-order valence-electron chi connectivity index (χ1n) is 9.74. The molecule has 0 aliphatic carbocycles. The molecule has 31 heavy (non-hydrogen) atoms. The van der Waals surface area contributed by atoms with Crippen molar-refractivity contribution in [3.8, 4) is 11.5 Å². The molecule has 8 heteroatoms. The molecule has 1 N–H and O–H groups in total. The van der Waals surface area contributed by atoms with Crippen molar-refractivity contribution >= 4 is 17.8 Å². The number of allylic oxidation sites excluding steroid dienone is 1. The third kappa shape index (κ3) is 4.49. The number of carbonyl (C=O) groups is 2. The number of aliphatic hydroxyl groups is 1. The Balaban J connectivity index is 2.08. The minimum absolute atomic E-state index is 0.0156. The number of furan rings is 1. The van der Waals surface area contributed by atoms with Crippen molar-refractivity contribution in [2.75, 3.05) is 41.4 Å². The summed E-state index contributed by atoms with van der Waals surface area (Å²) in [6.07, 6.45) is 4.27. The smallest absolute Gasteiger partial charge is 0.290 e. The first-order chi connectivity index (χ1) is 14.9. The number of ketones is 1. The molecule has 1 atom stereocenters. The summed E-state index contributed by atoms with van der Waals surface area (Å²) < 4.78 is 16.2. The van der Waals surface area contributed by atoms with Gasteiger partial charge in [0, 0.05) is 18.7 Å². The second-order valence-corrected chi connectivity index (χ2v) is 7.26. The number of methoxy groups -OCH3 is 2. The molecule has 1 amide bonds. The van der Waals surface area contributed by atoms with Gasteiger partial charge >= 0.3 is 0 Å². The summed E-state index contributed by atoms with van der Waals surface area (Å²) in [5.74, 6) is -0.326. The SMILES string of the molecule is COc1cccc([C@@H]2C(C(=O)/C=C/c3ccco3)=C(O)C(=O)N2CCN(C)C)c1OC. The van der Waals surface area contributed by atoms with E-state index in [2.05, 4.69) is 0 Å². The van der Waals surface area contributed by atoms with Gasteiger partial charge in [-0.15, -0.1) is 0 Å². The lowest BCUT2D eigenvalue weighted by Gasteiger charge is -2.29. The second-order valence-electron chi connectivity index (χ2n) is 7.26. The number of likely N-dealkylation sites (N-methyl/N-ethyl adjacent to an activating group) is 1. The van der Waals surface area contributed by atoms with Gasteiger partial charge in [0.1, 0.15) is 5.76 Å². The molecule has 1 aliphatic rings. The Morgan fingerprint density at radius 2 is 2.00 bits per heavy atom. The summed E-state index contributed by atoms with van der Waals surface area (Å²) in [4.78, 5) is 29.4. The number of carbonyl (C=O) groups excluding carboxylic acids is 2. The number of benzene rings is 1. The zero-order chi connectivity index (χ0) is 22.5. The van der Waals surface area contributed by atoms with Gasteiger partial charge in [0.05, 0.1) is 32.1 Å². The minimum atomic E-state index is -0.828. The number of ether oxygens (including phenoxy) is 2. The zero-order valence-electron chi connectivity index (χ0n) is 18.0. The molecule has 0 saturated heterocycles. The largest absolute Gasteiger partial charge is 0.503 e. The van der Waals surface area contributed by atoms with Crippen molar-refractivity contribution in [1.29, 1.82) is 0 Å². The molecule has 164 valence electrons. The van der Waals surface area contributed by atoms with Crippen LogP contribution in [0.2, 0.25) is 0 Å². The molecule has 2 heterocycles. The van der Waals surface area contributed by atoms with Crippen molar-refractivity contribution in [1.82, 2.24) is 9.80 Å². The highest BCUT2D eigenvalue weighted by Gasteiger charge is 2.44. The lowest BCUT2D eigenvalue weighted by atomic mass is 9.94. The second kappa shape index (κ2) is 9.53. The molecule has 0 spiro atoms. The van der Waals surface area contributed by atoms with Gasteiger partial charge in [0.15, 0.2) is 23.0 Å². The Morgan fingerprint density at radius 1 is 1.23 bits per heavy atom. The topological polar surface area (TPSA) is 92.5 Å². The number of amides is 1. The van der Waals surface area contributed by atoms with Gasteiger partial charge < -0.3 is 28.8 Å². The fourth-order valence-electron chi connectivity index (χ4n) is 3.53. The van der Waals surface area contributed by atoms with Crippen LogP contribution in [0.25, 0.3) is 6.08 Å². The molecular formula is C23H26N2O6. The van der Waals surface area contributed by atoms with Crippen LogP contribution in [0, 0.1) is 0 Å². The van der Waals surface area contributed by atoms with Crippen LogP contribution in [0.15, 0.2) is 58.4 Å². The van der Waals surface area contributed by atoms with E-state index in [1.54, 1.807) is 30.3 Å². The Labute approximate surface area is 181 Å². The van der Waals surface area contributed by atoms with Crippen LogP contribution in [0.1, 0.15) is 17.4 Å². The van der Waals surface area contributed by atoms with Crippen LogP contribution in [-0.4, -0.2) is 68.0 Å². The van der Waals surface area contributed by atoms with Gasteiger partial charge in [-0.2, -0.15) is 0 Å². The highest BCUT2D eigenvalue weighted by Crippen LogP contribution is 2.44. The van der Waals surface area contributed by atoms with E-state index in [9.17, 15) is 14.7 Å². The fourth-order valence-corrected chi connectivity index (χ4v) is 3.53. The molecule has 0 bridgehead atoms. The lowest BCUT2D eigenvalue weighted by molar-refractivity contribution is -0.129. The van der Waals surface area contributed by atoms with Crippen LogP contribution >= 0.6 is 0 Å². The van der Waals surface area contributed by atoms with Crippen molar-refractivity contribution in [3.05, 3.63) is 65.3 Å². The molecule has 0 radical (unpaired) electrons. The van der Waals surface area contributed by atoms with Crippen LogP contribution in [0.3, 0.4) is 0 Å². The Morgan fingerprint density at radius 3 is 2.61 bits per heavy atom. The predicted molar refractivity (Wildman–Crippen MR) is 115 cm³/mol. The summed E-state index contributed by atoms with van der Waals surface area (Å²) >= 11 is 0. The average Bonchev–Trinajstić information content (AvgIpc) is 3.36. The number of nitrogens with zero attached hydrogens (tertiary/aromatic N) is 2. The minimum Gasteiger partial charge on any atom is -0.503 e. The summed E-state index contributed by atoms with van der Waals surface area (Å²) in [5, 5.41) is 10.7. The third-order valence-corrected chi connectivity index (χ3v) is 5.03. The van der Waals surface area contributed by atoms with Crippen LogP contribution in [-0.2, 0) is 9.59 Å². The van der Waals surface area contributed by atoms with Crippen molar-refractivity contribution in [3.63, 3.8) is 0 Å². The Bertz CT molecular complexity index is 1010. The summed E-state index contributed by atoms with van der Waals surface area (Å²) in [6, 6.07) is 7.80. The molecule has 1 aliphatic heterocycles. The normalized spacial score (nSPS) is 16.6. The third-order valence-electron chi connectivity index (χ3n) is 5.03. The highest BCUT2D eigenvalue weighted by atomic mass is 16.5. The van der Waals surface area contributed by atoms with Crippen molar-refractivity contribution in [2.45, 2.75) is 6.04 Å². The maximum absolute atomic E-state index is 13.1. The summed E-state index contributed by atoms with van der Waals surface area (Å²) in [5.41, 5.74) is 0.533. The van der Waals surface area contributed by atoms with Gasteiger partial charge in [-0.3, -0.25) is 9.59 Å². The molecule has 1 aromatic carbocycles. The van der Waals surface area contributed by atoms with E-state index in [0.29, 0.717) is 35.9 Å². The fraction of sp³-hybridized carbons (Fsp3) is 0.304. The predicted octanol–water partition coefficient (Wildman–Crippen LogP) is 2.84. The van der Waals surface area contributed by atoms with Gasteiger partial charge in [0.2, 0.25) is 0 Å².